The van der Waals surface area contributed by atoms with E-state index >= 15 is 0 Å². The van der Waals surface area contributed by atoms with Crippen LogP contribution in [-0.2, 0) is 4.79 Å². The minimum absolute atomic E-state index is 0.168. The number of para-hydroxylation sites is 1. The lowest BCUT2D eigenvalue weighted by atomic mass is 10.0. The molecule has 1 N–H and O–H groups in total. The average molecular weight is 299 g/mol. The molecule has 0 saturated carbocycles. The molecular formula is C16H17N3O3. The second kappa shape index (κ2) is 5.63. The van der Waals surface area contributed by atoms with Gasteiger partial charge in [-0.1, -0.05) is 18.2 Å². The summed E-state index contributed by atoms with van der Waals surface area (Å²) in [7, 11) is 0. The zero-order chi connectivity index (χ0) is 15.7. The normalized spacial score (nSPS) is 21.0. The Morgan fingerprint density at radius 1 is 1.27 bits per heavy atom. The maximum atomic E-state index is 12.5. The van der Waals surface area contributed by atoms with Crippen molar-refractivity contribution in [2.45, 2.75) is 19.4 Å². The van der Waals surface area contributed by atoms with E-state index in [9.17, 15) is 9.59 Å². The van der Waals surface area contributed by atoms with Crippen LogP contribution in [0.25, 0.3) is 5.69 Å². The van der Waals surface area contributed by atoms with Gasteiger partial charge < -0.3 is 10.0 Å². The lowest BCUT2D eigenvalue weighted by Crippen LogP contribution is -2.37. The Morgan fingerprint density at radius 3 is 2.64 bits per heavy atom. The van der Waals surface area contributed by atoms with Gasteiger partial charge in [0.05, 0.1) is 23.4 Å². The molecule has 1 saturated heterocycles. The van der Waals surface area contributed by atoms with E-state index in [2.05, 4.69) is 5.10 Å². The maximum Gasteiger partial charge on any atom is 0.308 e. The molecule has 2 atom stereocenters. The number of hydrogen-bond acceptors (Lipinski definition) is 3. The lowest BCUT2D eigenvalue weighted by Gasteiger charge is -2.22. The molecule has 2 unspecified atom stereocenters. The molecule has 6 nitrogen and oxygen atoms in total. The Kier molecular flexibility index (Phi) is 3.66. The van der Waals surface area contributed by atoms with E-state index in [0.29, 0.717) is 18.5 Å². The summed E-state index contributed by atoms with van der Waals surface area (Å²) in [6, 6.07) is 9.22. The van der Waals surface area contributed by atoms with Crippen LogP contribution in [0.2, 0.25) is 0 Å². The number of carboxylic acid groups (broad SMARTS) is 1. The van der Waals surface area contributed by atoms with Crippen molar-refractivity contribution >= 4 is 11.9 Å². The van der Waals surface area contributed by atoms with Gasteiger partial charge in [-0.05, 0) is 25.5 Å². The fourth-order valence-electron chi connectivity index (χ4n) is 2.88. The van der Waals surface area contributed by atoms with E-state index in [4.69, 9.17) is 5.11 Å². The van der Waals surface area contributed by atoms with Crippen LogP contribution < -0.4 is 0 Å². The SMILES string of the molecule is CC1C(C(=O)O)CCN1C(=O)c1cnn(-c2ccccc2)c1. The molecular weight excluding hydrogens is 282 g/mol. The largest absolute Gasteiger partial charge is 0.481 e. The highest BCUT2D eigenvalue weighted by Crippen LogP contribution is 2.26. The topological polar surface area (TPSA) is 75.4 Å². The molecule has 22 heavy (non-hydrogen) atoms. The van der Waals surface area contributed by atoms with Gasteiger partial charge >= 0.3 is 5.97 Å². The number of aliphatic carboxylic acids is 1. The quantitative estimate of drug-likeness (QED) is 0.938. The monoisotopic (exact) mass is 299 g/mol. The van der Waals surface area contributed by atoms with E-state index in [1.807, 2.05) is 30.3 Å². The van der Waals surface area contributed by atoms with Crippen molar-refractivity contribution in [2.75, 3.05) is 6.54 Å². The second-order valence-electron chi connectivity index (χ2n) is 5.48. The molecule has 0 radical (unpaired) electrons. The van der Waals surface area contributed by atoms with Gasteiger partial charge in [-0.25, -0.2) is 4.68 Å². The number of carbonyl (C=O) groups excluding carboxylic acids is 1. The van der Waals surface area contributed by atoms with Crippen LogP contribution in [0.5, 0.6) is 0 Å². The van der Waals surface area contributed by atoms with E-state index < -0.39 is 11.9 Å². The number of carbonyl (C=O) groups is 2. The van der Waals surface area contributed by atoms with Gasteiger partial charge in [-0.3, -0.25) is 9.59 Å². The molecule has 1 aromatic heterocycles. The summed E-state index contributed by atoms with van der Waals surface area (Å²) in [5.74, 6) is -1.51. The summed E-state index contributed by atoms with van der Waals surface area (Å²) < 4.78 is 1.64. The van der Waals surface area contributed by atoms with Crippen LogP contribution in [-0.4, -0.2) is 44.3 Å². The summed E-state index contributed by atoms with van der Waals surface area (Å²) in [5, 5.41) is 13.4. The molecule has 0 spiro atoms. The van der Waals surface area contributed by atoms with Crippen molar-refractivity contribution in [3.05, 3.63) is 48.3 Å². The Balaban J connectivity index is 1.79. The van der Waals surface area contributed by atoms with E-state index in [1.54, 1.807) is 22.7 Å². The number of benzene rings is 1. The van der Waals surface area contributed by atoms with Gasteiger partial charge in [0.25, 0.3) is 5.91 Å². The molecule has 6 heteroatoms. The molecule has 1 amide bonds. The van der Waals surface area contributed by atoms with Crippen LogP contribution in [0.1, 0.15) is 23.7 Å². The highest BCUT2D eigenvalue weighted by atomic mass is 16.4. The number of amides is 1. The third-order valence-corrected chi connectivity index (χ3v) is 4.18. The molecule has 3 rings (SSSR count). The molecule has 2 heterocycles. The van der Waals surface area contributed by atoms with Crippen LogP contribution in [0.15, 0.2) is 42.7 Å². The summed E-state index contributed by atoms with van der Waals surface area (Å²) in [5.41, 5.74) is 1.35. The van der Waals surface area contributed by atoms with Crippen molar-refractivity contribution in [1.82, 2.24) is 14.7 Å². The number of nitrogens with zero attached hydrogens (tertiary/aromatic N) is 3. The van der Waals surface area contributed by atoms with E-state index in [0.717, 1.165) is 5.69 Å². The molecule has 1 aliphatic heterocycles. The summed E-state index contributed by atoms with van der Waals surface area (Å²) in [6.07, 6.45) is 3.70. The first-order valence-corrected chi connectivity index (χ1v) is 7.22. The zero-order valence-corrected chi connectivity index (χ0v) is 12.2. The van der Waals surface area contributed by atoms with Gasteiger partial charge in [-0.2, -0.15) is 5.10 Å². The summed E-state index contributed by atoms with van der Waals surface area (Å²) in [4.78, 5) is 25.3. The zero-order valence-electron chi connectivity index (χ0n) is 12.2. The Labute approximate surface area is 128 Å². The predicted octanol–water partition coefficient (Wildman–Crippen LogP) is 1.81. The molecule has 0 bridgehead atoms. The molecule has 0 aliphatic carbocycles. The molecule has 114 valence electrons. The highest BCUT2D eigenvalue weighted by Gasteiger charge is 2.38. The van der Waals surface area contributed by atoms with Gasteiger partial charge in [0.2, 0.25) is 0 Å². The molecule has 2 aromatic rings. The lowest BCUT2D eigenvalue weighted by molar-refractivity contribution is -0.142. The van der Waals surface area contributed by atoms with Crippen molar-refractivity contribution in [3.8, 4) is 5.69 Å². The number of rotatable bonds is 3. The van der Waals surface area contributed by atoms with E-state index in [-0.39, 0.29) is 11.9 Å². The van der Waals surface area contributed by atoms with Gasteiger partial charge in [-0.15, -0.1) is 0 Å². The number of aromatic nitrogens is 2. The van der Waals surface area contributed by atoms with Gasteiger partial charge in [0.1, 0.15) is 0 Å². The summed E-state index contributed by atoms with van der Waals surface area (Å²) in [6.45, 7) is 2.25. The van der Waals surface area contributed by atoms with Crippen LogP contribution in [0.3, 0.4) is 0 Å². The highest BCUT2D eigenvalue weighted by molar-refractivity contribution is 5.94. The third kappa shape index (κ3) is 2.47. The third-order valence-electron chi connectivity index (χ3n) is 4.18. The first-order valence-electron chi connectivity index (χ1n) is 7.22. The number of carboxylic acids is 1. The average Bonchev–Trinajstić information content (AvgIpc) is 3.14. The maximum absolute atomic E-state index is 12.5. The summed E-state index contributed by atoms with van der Waals surface area (Å²) >= 11 is 0. The number of likely N-dealkylation sites (tertiary alicyclic amines) is 1. The standard InChI is InChI=1S/C16H17N3O3/c1-11-14(16(21)22)7-8-18(11)15(20)12-9-17-19(10-12)13-5-3-2-4-6-13/h2-6,9-11,14H,7-8H2,1H3,(H,21,22). The Morgan fingerprint density at radius 2 is 2.00 bits per heavy atom. The van der Waals surface area contributed by atoms with Crippen LogP contribution in [0, 0.1) is 5.92 Å². The van der Waals surface area contributed by atoms with E-state index in [1.165, 1.54) is 6.20 Å². The first kappa shape index (κ1) is 14.3. The minimum Gasteiger partial charge on any atom is -0.481 e. The second-order valence-corrected chi connectivity index (χ2v) is 5.48. The fraction of sp³-hybridized carbons (Fsp3) is 0.312. The molecule has 1 aliphatic rings. The smallest absolute Gasteiger partial charge is 0.308 e. The van der Waals surface area contributed by atoms with Gasteiger partial charge in [0.15, 0.2) is 0 Å². The van der Waals surface area contributed by atoms with Crippen molar-refractivity contribution < 1.29 is 14.7 Å². The Hall–Kier alpha value is -2.63. The van der Waals surface area contributed by atoms with Crippen LogP contribution in [0.4, 0.5) is 0 Å². The number of hydrogen-bond donors (Lipinski definition) is 1. The van der Waals surface area contributed by atoms with Gasteiger partial charge in [0, 0.05) is 18.8 Å². The fourth-order valence-corrected chi connectivity index (χ4v) is 2.88. The van der Waals surface area contributed by atoms with Crippen LogP contribution >= 0.6 is 0 Å². The first-order chi connectivity index (χ1) is 10.6. The van der Waals surface area contributed by atoms with Crippen molar-refractivity contribution in [2.24, 2.45) is 5.92 Å². The molecule has 1 fully saturated rings. The minimum atomic E-state index is -0.845. The predicted molar refractivity (Wildman–Crippen MR) is 79.8 cm³/mol. The van der Waals surface area contributed by atoms with Crippen molar-refractivity contribution in [3.63, 3.8) is 0 Å². The van der Waals surface area contributed by atoms with Crippen molar-refractivity contribution in [1.29, 1.82) is 0 Å². The Bertz CT molecular complexity index is 696. The molecule has 1 aromatic carbocycles.